The third-order valence-electron chi connectivity index (χ3n) is 5.92. The second-order valence-electron chi connectivity index (χ2n) is 7.49. The lowest BCUT2D eigenvalue weighted by Gasteiger charge is -2.31. The Morgan fingerprint density at radius 3 is 2.31 bits per heavy atom. The zero-order valence-electron chi connectivity index (χ0n) is 16.1. The molecule has 1 aliphatic rings. The van der Waals surface area contributed by atoms with E-state index >= 15 is 0 Å². The normalized spacial score (nSPS) is 18.8. The lowest BCUT2D eigenvalue weighted by atomic mass is 9.74. The molecule has 29 heavy (non-hydrogen) atoms. The average Bonchev–Trinajstić information content (AvgIpc) is 2.72. The summed E-state index contributed by atoms with van der Waals surface area (Å²) >= 11 is 0. The van der Waals surface area contributed by atoms with Gasteiger partial charge in [0.2, 0.25) is 0 Å². The van der Waals surface area contributed by atoms with Crippen LogP contribution in [0.1, 0.15) is 76.8 Å². The molecule has 0 radical (unpaired) electrons. The van der Waals surface area contributed by atoms with Crippen LogP contribution in [0.2, 0.25) is 0 Å². The van der Waals surface area contributed by atoms with Gasteiger partial charge in [0.15, 0.2) is 0 Å². The Bertz CT molecular complexity index is 1000. The minimum Gasteiger partial charge on any atom is -0.478 e. The van der Waals surface area contributed by atoms with Crippen LogP contribution in [-0.4, -0.2) is 22.2 Å². The van der Waals surface area contributed by atoms with Crippen LogP contribution < -0.4 is 0 Å². The number of aromatic carboxylic acids is 2. The average molecular weight is 395 g/mol. The van der Waals surface area contributed by atoms with Gasteiger partial charge in [0.1, 0.15) is 11.9 Å². The van der Waals surface area contributed by atoms with E-state index in [0.29, 0.717) is 22.6 Å². The highest BCUT2D eigenvalue weighted by atomic mass is 19.1. The fourth-order valence-corrected chi connectivity index (χ4v) is 4.34. The minimum atomic E-state index is -1.30. The standard InChI is InChI=1S/C23H22FNO4/c1-2-13-3-5-14(6-4-13)20-17(15-7-8-16(12-25)19(24)11-15)9-10-18(22(26)27)21(20)23(28)29/h7-11,13-14H,2-6H2,1H3,(H,26,27)(H,28,29). The molecule has 1 fully saturated rings. The summed E-state index contributed by atoms with van der Waals surface area (Å²) in [7, 11) is 0. The van der Waals surface area contributed by atoms with Gasteiger partial charge < -0.3 is 10.2 Å². The van der Waals surface area contributed by atoms with Crippen LogP contribution in [0.15, 0.2) is 30.3 Å². The molecule has 0 saturated heterocycles. The van der Waals surface area contributed by atoms with Gasteiger partial charge in [-0.1, -0.05) is 25.5 Å². The van der Waals surface area contributed by atoms with Crippen LogP contribution in [0.4, 0.5) is 4.39 Å². The summed E-state index contributed by atoms with van der Waals surface area (Å²) in [6, 6.07) is 8.72. The van der Waals surface area contributed by atoms with Gasteiger partial charge in [-0.3, -0.25) is 0 Å². The molecule has 0 atom stereocenters. The molecule has 1 saturated carbocycles. The lowest BCUT2D eigenvalue weighted by molar-refractivity contribution is 0.0649. The Morgan fingerprint density at radius 1 is 1.10 bits per heavy atom. The monoisotopic (exact) mass is 395 g/mol. The Kier molecular flexibility index (Phi) is 5.97. The molecule has 2 aromatic rings. The van der Waals surface area contributed by atoms with Crippen molar-refractivity contribution in [2.24, 2.45) is 5.92 Å². The third-order valence-corrected chi connectivity index (χ3v) is 5.92. The van der Waals surface area contributed by atoms with E-state index in [1.165, 1.54) is 18.2 Å². The predicted octanol–water partition coefficient (Wildman–Crippen LogP) is 5.44. The van der Waals surface area contributed by atoms with Crippen molar-refractivity contribution in [2.45, 2.75) is 44.9 Å². The molecule has 2 N–H and O–H groups in total. The fraction of sp³-hybridized carbons (Fsp3) is 0.348. The van der Waals surface area contributed by atoms with Gasteiger partial charge in [-0.15, -0.1) is 0 Å². The molecule has 0 aromatic heterocycles. The molecule has 150 valence electrons. The first-order chi connectivity index (χ1) is 13.9. The molecule has 2 aromatic carbocycles. The Balaban J connectivity index is 2.22. The molecule has 0 heterocycles. The zero-order valence-corrected chi connectivity index (χ0v) is 16.1. The van der Waals surface area contributed by atoms with Gasteiger partial charge in [-0.25, -0.2) is 14.0 Å². The highest BCUT2D eigenvalue weighted by molar-refractivity contribution is 6.04. The van der Waals surface area contributed by atoms with Crippen molar-refractivity contribution in [2.75, 3.05) is 0 Å². The van der Waals surface area contributed by atoms with Gasteiger partial charge in [-0.05, 0) is 72.4 Å². The van der Waals surface area contributed by atoms with Crippen molar-refractivity contribution >= 4 is 11.9 Å². The van der Waals surface area contributed by atoms with Crippen LogP contribution in [0.5, 0.6) is 0 Å². The molecule has 0 spiro atoms. The summed E-state index contributed by atoms with van der Waals surface area (Å²) in [4.78, 5) is 23.8. The summed E-state index contributed by atoms with van der Waals surface area (Å²) in [6.45, 7) is 2.13. The number of carbonyl (C=O) groups is 2. The molecule has 0 unspecified atom stereocenters. The maximum atomic E-state index is 14.2. The Morgan fingerprint density at radius 2 is 1.79 bits per heavy atom. The molecular weight excluding hydrogens is 373 g/mol. The predicted molar refractivity (Wildman–Crippen MR) is 105 cm³/mol. The van der Waals surface area contributed by atoms with Gasteiger partial charge >= 0.3 is 11.9 Å². The molecule has 6 heteroatoms. The lowest BCUT2D eigenvalue weighted by Crippen LogP contribution is -2.19. The molecule has 0 aliphatic heterocycles. The number of hydrogen-bond donors (Lipinski definition) is 2. The van der Waals surface area contributed by atoms with E-state index in [-0.39, 0.29) is 22.6 Å². The highest BCUT2D eigenvalue weighted by Gasteiger charge is 2.31. The first kappa shape index (κ1) is 20.5. The number of benzene rings is 2. The van der Waals surface area contributed by atoms with Crippen molar-refractivity contribution in [1.29, 1.82) is 5.26 Å². The molecule has 0 bridgehead atoms. The van der Waals surface area contributed by atoms with Crippen molar-refractivity contribution < 1.29 is 24.2 Å². The van der Waals surface area contributed by atoms with Crippen LogP contribution in [0, 0.1) is 23.1 Å². The molecule has 1 aliphatic carbocycles. The maximum absolute atomic E-state index is 14.2. The van der Waals surface area contributed by atoms with Gasteiger partial charge in [0.05, 0.1) is 16.7 Å². The second kappa shape index (κ2) is 8.44. The van der Waals surface area contributed by atoms with Crippen molar-refractivity contribution in [1.82, 2.24) is 0 Å². The van der Waals surface area contributed by atoms with Gasteiger partial charge in [0.25, 0.3) is 0 Å². The maximum Gasteiger partial charge on any atom is 0.336 e. The van der Waals surface area contributed by atoms with Crippen LogP contribution >= 0.6 is 0 Å². The van der Waals surface area contributed by atoms with Gasteiger partial charge in [0, 0.05) is 0 Å². The van der Waals surface area contributed by atoms with Crippen molar-refractivity contribution in [3.8, 4) is 17.2 Å². The molecule has 0 amide bonds. The van der Waals surface area contributed by atoms with E-state index in [9.17, 15) is 24.2 Å². The van der Waals surface area contributed by atoms with Crippen LogP contribution in [0.25, 0.3) is 11.1 Å². The van der Waals surface area contributed by atoms with E-state index in [2.05, 4.69) is 6.92 Å². The first-order valence-electron chi connectivity index (χ1n) is 9.70. The molecule has 5 nitrogen and oxygen atoms in total. The summed E-state index contributed by atoms with van der Waals surface area (Å²) in [5.74, 6) is -2.82. The molecule has 3 rings (SSSR count). The van der Waals surface area contributed by atoms with E-state index in [1.54, 1.807) is 18.2 Å². The number of nitriles is 1. The second-order valence-corrected chi connectivity index (χ2v) is 7.49. The number of hydrogen-bond acceptors (Lipinski definition) is 3. The summed E-state index contributed by atoms with van der Waals surface area (Å²) in [5.41, 5.74) is 0.822. The van der Waals surface area contributed by atoms with Crippen LogP contribution in [0.3, 0.4) is 0 Å². The number of halogens is 1. The van der Waals surface area contributed by atoms with E-state index in [0.717, 1.165) is 32.1 Å². The van der Waals surface area contributed by atoms with E-state index in [4.69, 9.17) is 5.26 Å². The van der Waals surface area contributed by atoms with Gasteiger partial charge in [-0.2, -0.15) is 5.26 Å². The highest BCUT2D eigenvalue weighted by Crippen LogP contribution is 2.43. The number of nitrogens with zero attached hydrogens (tertiary/aromatic N) is 1. The SMILES string of the molecule is CCC1CCC(c2c(-c3ccc(C#N)c(F)c3)ccc(C(=O)O)c2C(=O)O)CC1. The number of carboxylic acid groups (broad SMARTS) is 2. The largest absolute Gasteiger partial charge is 0.478 e. The quantitative estimate of drug-likeness (QED) is 0.702. The summed E-state index contributed by atoms with van der Waals surface area (Å²) in [6.07, 6.45) is 4.46. The van der Waals surface area contributed by atoms with Crippen LogP contribution in [-0.2, 0) is 0 Å². The molecular formula is C23H22FNO4. The summed E-state index contributed by atoms with van der Waals surface area (Å²) < 4.78 is 14.2. The zero-order chi connectivity index (χ0) is 21.1. The van der Waals surface area contributed by atoms with E-state index in [1.807, 2.05) is 0 Å². The summed E-state index contributed by atoms with van der Waals surface area (Å²) in [5, 5.41) is 28.4. The third kappa shape index (κ3) is 4.00. The minimum absolute atomic E-state index is 0.0978. The smallest absolute Gasteiger partial charge is 0.336 e. The Hall–Kier alpha value is -3.20. The fourth-order valence-electron chi connectivity index (χ4n) is 4.34. The van der Waals surface area contributed by atoms with Crippen molar-refractivity contribution in [3.05, 3.63) is 58.4 Å². The van der Waals surface area contributed by atoms with E-state index < -0.39 is 17.8 Å². The number of carboxylic acids is 2. The number of rotatable bonds is 5. The van der Waals surface area contributed by atoms with Crippen molar-refractivity contribution in [3.63, 3.8) is 0 Å². The first-order valence-corrected chi connectivity index (χ1v) is 9.70. The topological polar surface area (TPSA) is 98.4 Å². The Labute approximate surface area is 168 Å².